The first-order chi connectivity index (χ1) is 16.8. The van der Waals surface area contributed by atoms with E-state index in [4.69, 9.17) is 21.1 Å². The first-order valence-corrected chi connectivity index (χ1v) is 12.1. The van der Waals surface area contributed by atoms with Crippen molar-refractivity contribution in [2.45, 2.75) is 25.4 Å². The Morgan fingerprint density at radius 1 is 1.06 bits per heavy atom. The van der Waals surface area contributed by atoms with Crippen LogP contribution in [0.1, 0.15) is 19.4 Å². The van der Waals surface area contributed by atoms with Crippen molar-refractivity contribution in [3.63, 3.8) is 0 Å². The predicted octanol–water partition coefficient (Wildman–Crippen LogP) is 5.02. The summed E-state index contributed by atoms with van der Waals surface area (Å²) in [5.41, 5.74) is 1.07. The summed E-state index contributed by atoms with van der Waals surface area (Å²) >= 11 is 6.93. The first kappa shape index (κ1) is 26.2. The van der Waals surface area contributed by atoms with Crippen LogP contribution < -0.4 is 10.6 Å². The minimum atomic E-state index is -0.815. The molecule has 1 aromatic heterocycles. The van der Waals surface area contributed by atoms with Crippen molar-refractivity contribution in [1.82, 2.24) is 10.3 Å². The van der Waals surface area contributed by atoms with E-state index in [1.165, 1.54) is 25.6 Å². The number of carbonyl (C=O) groups excluding carboxylic acids is 2. The Bertz CT molecular complexity index is 1160. The van der Waals surface area contributed by atoms with Crippen LogP contribution in [0, 0.1) is 5.92 Å². The van der Waals surface area contributed by atoms with E-state index in [9.17, 15) is 9.59 Å². The van der Waals surface area contributed by atoms with Gasteiger partial charge in [-0.05, 0) is 31.5 Å². The summed E-state index contributed by atoms with van der Waals surface area (Å²) in [6.45, 7) is 3.73. The van der Waals surface area contributed by atoms with Crippen molar-refractivity contribution >= 4 is 40.0 Å². The molecule has 2 aromatic carbocycles. The van der Waals surface area contributed by atoms with Gasteiger partial charge in [0.05, 0.1) is 31.4 Å². The van der Waals surface area contributed by atoms with Gasteiger partial charge >= 0.3 is 11.9 Å². The van der Waals surface area contributed by atoms with Crippen LogP contribution in [0.3, 0.4) is 0 Å². The van der Waals surface area contributed by atoms with Gasteiger partial charge in [-0.25, -0.2) is 9.78 Å². The summed E-state index contributed by atoms with van der Waals surface area (Å²) < 4.78 is 10.1. The number of ether oxygens (including phenoxy) is 2. The standard InChI is InChI=1S/C20H23N3O4S.C6H5Cl/c1-12-14(17(24)26-3)16(22-19-21-10-11-28-19)15(18(25)27-4)20(2,23-12)13-8-6-5-7-9-13;7-6-4-2-1-3-5-6/h5-11,15-16,23H,1-4H3,(H,21,22);1-5H. The van der Waals surface area contributed by atoms with Gasteiger partial charge in [0.25, 0.3) is 0 Å². The van der Waals surface area contributed by atoms with Gasteiger partial charge in [-0.15, -0.1) is 11.3 Å². The van der Waals surface area contributed by atoms with Gasteiger partial charge in [-0.1, -0.05) is 60.1 Å². The highest BCUT2D eigenvalue weighted by atomic mass is 35.5. The van der Waals surface area contributed by atoms with Crippen molar-refractivity contribution in [2.24, 2.45) is 5.92 Å². The van der Waals surface area contributed by atoms with Crippen LogP contribution in [0.15, 0.2) is 83.5 Å². The number of allylic oxidation sites excluding steroid dienone is 1. The molecule has 2 N–H and O–H groups in total. The third kappa shape index (κ3) is 6.01. The maximum Gasteiger partial charge on any atom is 0.337 e. The Labute approximate surface area is 214 Å². The van der Waals surface area contributed by atoms with Gasteiger partial charge in [0.1, 0.15) is 5.92 Å². The van der Waals surface area contributed by atoms with Crippen molar-refractivity contribution in [2.75, 3.05) is 19.5 Å². The van der Waals surface area contributed by atoms with E-state index < -0.39 is 29.4 Å². The molecule has 2 heterocycles. The molecule has 9 heteroatoms. The second kappa shape index (κ2) is 11.9. The molecule has 0 bridgehead atoms. The molecule has 0 fully saturated rings. The van der Waals surface area contributed by atoms with E-state index in [1.54, 1.807) is 13.1 Å². The number of benzene rings is 2. The molecular weight excluding hydrogens is 486 g/mol. The summed E-state index contributed by atoms with van der Waals surface area (Å²) in [6, 6.07) is 18.4. The molecule has 3 aromatic rings. The smallest absolute Gasteiger partial charge is 0.337 e. The molecule has 0 spiro atoms. The van der Waals surface area contributed by atoms with Gasteiger partial charge in [-0.3, -0.25) is 4.79 Å². The van der Waals surface area contributed by atoms with Crippen LogP contribution in [-0.4, -0.2) is 37.2 Å². The molecule has 0 aliphatic carbocycles. The Morgan fingerprint density at radius 2 is 1.69 bits per heavy atom. The molecule has 184 valence electrons. The Hall–Kier alpha value is -3.36. The molecule has 0 radical (unpaired) electrons. The first-order valence-electron chi connectivity index (χ1n) is 10.9. The number of anilines is 1. The van der Waals surface area contributed by atoms with Crippen molar-refractivity contribution in [3.8, 4) is 0 Å². The summed E-state index contributed by atoms with van der Waals surface area (Å²) in [4.78, 5) is 29.8. The van der Waals surface area contributed by atoms with Gasteiger partial charge in [-0.2, -0.15) is 0 Å². The zero-order valence-corrected chi connectivity index (χ0v) is 21.5. The highest BCUT2D eigenvalue weighted by Gasteiger charge is 2.52. The number of thiazole rings is 1. The highest BCUT2D eigenvalue weighted by Crippen LogP contribution is 2.41. The minimum absolute atomic E-state index is 0.349. The number of nitrogens with one attached hydrogen (secondary N) is 2. The fourth-order valence-electron chi connectivity index (χ4n) is 4.19. The predicted molar refractivity (Wildman–Crippen MR) is 138 cm³/mol. The van der Waals surface area contributed by atoms with Crippen LogP contribution in [0.25, 0.3) is 0 Å². The molecule has 1 aliphatic rings. The number of esters is 2. The molecule has 7 nitrogen and oxygen atoms in total. The quantitative estimate of drug-likeness (QED) is 0.463. The molecule has 3 atom stereocenters. The van der Waals surface area contributed by atoms with Gasteiger partial charge in [0.2, 0.25) is 0 Å². The lowest BCUT2D eigenvalue weighted by Crippen LogP contribution is -2.60. The van der Waals surface area contributed by atoms with Gasteiger partial charge in [0.15, 0.2) is 5.13 Å². The molecule has 1 aliphatic heterocycles. The normalized spacial score (nSPS) is 21.2. The molecule has 35 heavy (non-hydrogen) atoms. The fraction of sp³-hybridized carbons (Fsp3) is 0.269. The molecule has 3 unspecified atom stereocenters. The number of rotatable bonds is 5. The fourth-order valence-corrected chi connectivity index (χ4v) is 4.90. The molecule has 0 amide bonds. The van der Waals surface area contributed by atoms with Crippen molar-refractivity contribution in [1.29, 1.82) is 0 Å². The molecular formula is C26H28ClN3O4S. The van der Waals surface area contributed by atoms with E-state index in [0.29, 0.717) is 16.4 Å². The Kier molecular flexibility index (Phi) is 8.89. The maximum absolute atomic E-state index is 13.0. The third-order valence-corrected chi connectivity index (χ3v) is 6.75. The number of halogens is 1. The van der Waals surface area contributed by atoms with Crippen molar-refractivity contribution < 1.29 is 19.1 Å². The summed E-state index contributed by atoms with van der Waals surface area (Å²) in [6.07, 6.45) is 1.66. The Balaban J connectivity index is 0.000000420. The largest absolute Gasteiger partial charge is 0.469 e. The number of carbonyl (C=O) groups is 2. The van der Waals surface area contributed by atoms with Gasteiger partial charge in [0, 0.05) is 22.3 Å². The summed E-state index contributed by atoms with van der Waals surface area (Å²) in [7, 11) is 2.67. The topological polar surface area (TPSA) is 89.5 Å². The SMILES string of the molecule is COC(=O)C1=C(C)NC(C)(c2ccccc2)C(C(=O)OC)C1Nc1nccs1.Clc1ccccc1. The summed E-state index contributed by atoms with van der Waals surface area (Å²) in [5.74, 6) is -1.70. The second-order valence-corrected chi connectivity index (χ2v) is 9.31. The lowest BCUT2D eigenvalue weighted by Gasteiger charge is -2.46. The average Bonchev–Trinajstić information content (AvgIpc) is 3.38. The van der Waals surface area contributed by atoms with E-state index in [2.05, 4.69) is 15.6 Å². The van der Waals surface area contributed by atoms with E-state index in [-0.39, 0.29) is 0 Å². The van der Waals surface area contributed by atoms with Crippen molar-refractivity contribution in [3.05, 3.63) is 94.1 Å². The molecule has 0 saturated heterocycles. The number of hydrogen-bond donors (Lipinski definition) is 2. The lowest BCUT2D eigenvalue weighted by molar-refractivity contribution is -0.149. The van der Waals surface area contributed by atoms with Crippen LogP contribution in [0.2, 0.25) is 5.02 Å². The number of aromatic nitrogens is 1. The van der Waals surface area contributed by atoms with Crippen LogP contribution in [0.4, 0.5) is 5.13 Å². The molecule has 0 saturated carbocycles. The second-order valence-electron chi connectivity index (χ2n) is 7.98. The molecule has 4 rings (SSSR count). The van der Waals surface area contributed by atoms with Gasteiger partial charge < -0.3 is 20.1 Å². The van der Waals surface area contributed by atoms with Crippen LogP contribution in [0.5, 0.6) is 0 Å². The average molecular weight is 514 g/mol. The summed E-state index contributed by atoms with van der Waals surface area (Å²) in [5, 5.41) is 9.84. The number of hydrogen-bond acceptors (Lipinski definition) is 8. The van der Waals surface area contributed by atoms with E-state index >= 15 is 0 Å². The lowest BCUT2D eigenvalue weighted by atomic mass is 9.70. The third-order valence-electron chi connectivity index (χ3n) is 5.80. The monoisotopic (exact) mass is 513 g/mol. The number of methoxy groups -OCH3 is 2. The zero-order valence-electron chi connectivity index (χ0n) is 19.9. The van der Waals surface area contributed by atoms with E-state index in [1.807, 2.05) is 73.0 Å². The zero-order chi connectivity index (χ0) is 25.4. The maximum atomic E-state index is 13.0. The van der Waals surface area contributed by atoms with Crippen LogP contribution >= 0.6 is 22.9 Å². The van der Waals surface area contributed by atoms with E-state index in [0.717, 1.165) is 10.6 Å². The Morgan fingerprint density at radius 3 is 2.17 bits per heavy atom. The minimum Gasteiger partial charge on any atom is -0.469 e. The van der Waals surface area contributed by atoms with Crippen LogP contribution in [-0.2, 0) is 24.6 Å². The number of nitrogens with zero attached hydrogens (tertiary/aromatic N) is 1. The highest BCUT2D eigenvalue weighted by molar-refractivity contribution is 7.13.